The third kappa shape index (κ3) is 2.35. The molecule has 0 amide bonds. The molecule has 4 nitrogen and oxygen atoms in total. The van der Waals surface area contributed by atoms with Crippen LogP contribution in [0.15, 0.2) is 18.2 Å². The summed E-state index contributed by atoms with van der Waals surface area (Å²) >= 11 is 0. The van der Waals surface area contributed by atoms with Crippen LogP contribution in [0.4, 0.5) is 0 Å². The van der Waals surface area contributed by atoms with E-state index in [2.05, 4.69) is 6.92 Å². The monoisotopic (exact) mass is 332 g/mol. The predicted octanol–water partition coefficient (Wildman–Crippen LogP) is 2.53. The Kier molecular flexibility index (Phi) is 3.76. The molecule has 2 aliphatic carbocycles. The second kappa shape index (κ2) is 5.13. The molecule has 1 aromatic carbocycles. The molecule has 1 aromatic rings. The molecule has 4 unspecified atom stereocenters. The average Bonchev–Trinajstić information content (AvgIpc) is 2.47. The number of aliphatic hydroxyl groups is 3. The SMILES string of the molecule is CC(C)(O)c1ccc2c(c1)C(=O)CC1C2(C)CC(O)C(O)C1(C)C. The Morgan fingerprint density at radius 1 is 1.17 bits per heavy atom. The highest BCUT2D eigenvalue weighted by atomic mass is 16.3. The molecular formula is C20H28O4. The van der Waals surface area contributed by atoms with Gasteiger partial charge in [-0.2, -0.15) is 0 Å². The molecule has 0 spiro atoms. The number of aliphatic hydroxyl groups excluding tert-OH is 2. The fourth-order valence-corrected chi connectivity index (χ4v) is 4.95. The number of ketones is 1. The summed E-state index contributed by atoms with van der Waals surface area (Å²) in [5.41, 5.74) is 0.364. The van der Waals surface area contributed by atoms with Crippen molar-refractivity contribution in [2.24, 2.45) is 11.3 Å². The van der Waals surface area contributed by atoms with Crippen molar-refractivity contribution < 1.29 is 20.1 Å². The van der Waals surface area contributed by atoms with Crippen molar-refractivity contribution in [2.75, 3.05) is 0 Å². The van der Waals surface area contributed by atoms with Gasteiger partial charge in [0.2, 0.25) is 0 Å². The number of Topliss-reactive ketones (excluding diaryl/α,β-unsaturated/α-hetero) is 1. The molecule has 4 atom stereocenters. The molecule has 0 aromatic heterocycles. The Bertz CT molecular complexity index is 685. The second-order valence-corrected chi connectivity index (χ2v) is 8.95. The van der Waals surface area contributed by atoms with E-state index in [1.165, 1.54) is 0 Å². The van der Waals surface area contributed by atoms with E-state index in [0.717, 1.165) is 5.56 Å². The van der Waals surface area contributed by atoms with Crippen LogP contribution in [-0.4, -0.2) is 33.3 Å². The summed E-state index contributed by atoms with van der Waals surface area (Å²) in [7, 11) is 0. The van der Waals surface area contributed by atoms with Gasteiger partial charge in [0.15, 0.2) is 5.78 Å². The summed E-state index contributed by atoms with van der Waals surface area (Å²) in [6.07, 6.45) is -0.850. The van der Waals surface area contributed by atoms with E-state index >= 15 is 0 Å². The number of benzene rings is 1. The van der Waals surface area contributed by atoms with Crippen LogP contribution >= 0.6 is 0 Å². The number of hydrogen-bond acceptors (Lipinski definition) is 4. The molecule has 1 fully saturated rings. The van der Waals surface area contributed by atoms with Crippen molar-refractivity contribution in [3.8, 4) is 0 Å². The third-order valence-corrected chi connectivity index (χ3v) is 6.46. The van der Waals surface area contributed by atoms with Gasteiger partial charge in [0.05, 0.1) is 17.8 Å². The van der Waals surface area contributed by atoms with Gasteiger partial charge in [-0.15, -0.1) is 0 Å². The number of hydrogen-bond donors (Lipinski definition) is 3. The van der Waals surface area contributed by atoms with Crippen molar-refractivity contribution in [1.29, 1.82) is 0 Å². The van der Waals surface area contributed by atoms with Crippen LogP contribution in [0.5, 0.6) is 0 Å². The Morgan fingerprint density at radius 2 is 1.79 bits per heavy atom. The Labute approximate surface area is 143 Å². The first-order valence-corrected chi connectivity index (χ1v) is 8.66. The van der Waals surface area contributed by atoms with Gasteiger partial charge in [0.1, 0.15) is 0 Å². The van der Waals surface area contributed by atoms with E-state index in [0.29, 0.717) is 24.0 Å². The van der Waals surface area contributed by atoms with Gasteiger partial charge in [-0.05, 0) is 54.2 Å². The molecule has 1 saturated carbocycles. The van der Waals surface area contributed by atoms with Crippen LogP contribution in [0.1, 0.15) is 68.9 Å². The van der Waals surface area contributed by atoms with Gasteiger partial charge in [0, 0.05) is 12.0 Å². The number of rotatable bonds is 1. The highest BCUT2D eigenvalue weighted by molar-refractivity contribution is 5.99. The smallest absolute Gasteiger partial charge is 0.163 e. The van der Waals surface area contributed by atoms with Gasteiger partial charge < -0.3 is 15.3 Å². The zero-order chi connectivity index (χ0) is 18.1. The summed E-state index contributed by atoms with van der Waals surface area (Å²) < 4.78 is 0. The molecule has 24 heavy (non-hydrogen) atoms. The van der Waals surface area contributed by atoms with E-state index in [1.54, 1.807) is 19.9 Å². The Hall–Kier alpha value is -1.23. The lowest BCUT2D eigenvalue weighted by Crippen LogP contribution is -2.60. The minimum atomic E-state index is -1.01. The fourth-order valence-electron chi connectivity index (χ4n) is 4.95. The van der Waals surface area contributed by atoms with E-state index in [1.807, 2.05) is 26.0 Å². The lowest BCUT2D eigenvalue weighted by molar-refractivity contribution is -0.138. The molecule has 0 saturated heterocycles. The number of fused-ring (bicyclic) bond motifs is 3. The summed E-state index contributed by atoms with van der Waals surface area (Å²) in [5.74, 6) is 0.0200. The largest absolute Gasteiger partial charge is 0.390 e. The number of carbonyl (C=O) groups excluding carboxylic acids is 1. The van der Waals surface area contributed by atoms with Gasteiger partial charge in [-0.3, -0.25) is 4.79 Å². The molecule has 0 radical (unpaired) electrons. The van der Waals surface area contributed by atoms with Crippen molar-refractivity contribution in [2.45, 2.75) is 70.7 Å². The van der Waals surface area contributed by atoms with Crippen molar-refractivity contribution >= 4 is 5.78 Å². The van der Waals surface area contributed by atoms with Crippen LogP contribution < -0.4 is 0 Å². The standard InChI is InChI=1S/C20H28O4/c1-18(2)16-9-14(21)12-8-11(19(3,4)24)6-7-13(12)20(16,5)10-15(22)17(18)23/h6-8,15-17,22-24H,9-10H2,1-5H3. The predicted molar refractivity (Wildman–Crippen MR) is 91.9 cm³/mol. The van der Waals surface area contributed by atoms with Crippen molar-refractivity contribution in [1.82, 2.24) is 0 Å². The third-order valence-electron chi connectivity index (χ3n) is 6.46. The summed E-state index contributed by atoms with van der Waals surface area (Å²) in [4.78, 5) is 12.8. The van der Waals surface area contributed by atoms with E-state index in [9.17, 15) is 20.1 Å². The molecule has 3 N–H and O–H groups in total. The van der Waals surface area contributed by atoms with E-state index in [4.69, 9.17) is 0 Å². The first-order chi connectivity index (χ1) is 10.9. The molecule has 0 bridgehead atoms. The van der Waals surface area contributed by atoms with Crippen molar-refractivity contribution in [3.63, 3.8) is 0 Å². The first-order valence-electron chi connectivity index (χ1n) is 8.66. The zero-order valence-corrected chi connectivity index (χ0v) is 15.1. The van der Waals surface area contributed by atoms with E-state index < -0.39 is 23.2 Å². The van der Waals surface area contributed by atoms with Crippen molar-refractivity contribution in [3.05, 3.63) is 34.9 Å². The average molecular weight is 332 g/mol. The lowest BCUT2D eigenvalue weighted by Gasteiger charge is -2.57. The highest BCUT2D eigenvalue weighted by Crippen LogP contribution is 2.57. The maximum atomic E-state index is 12.8. The molecule has 132 valence electrons. The highest BCUT2D eigenvalue weighted by Gasteiger charge is 2.58. The first kappa shape index (κ1) is 17.6. The Morgan fingerprint density at radius 3 is 2.38 bits per heavy atom. The molecule has 3 rings (SSSR count). The lowest BCUT2D eigenvalue weighted by atomic mass is 9.48. The Balaban J connectivity index is 2.17. The summed E-state index contributed by atoms with van der Waals surface area (Å²) in [6, 6.07) is 5.58. The summed E-state index contributed by atoms with van der Waals surface area (Å²) in [6.45, 7) is 9.37. The van der Waals surface area contributed by atoms with Gasteiger partial charge in [-0.1, -0.05) is 32.9 Å². The van der Waals surface area contributed by atoms with Crippen LogP contribution in [0.25, 0.3) is 0 Å². The number of carbonyl (C=O) groups is 1. The normalized spacial score (nSPS) is 35.3. The van der Waals surface area contributed by atoms with Gasteiger partial charge in [-0.25, -0.2) is 0 Å². The quantitative estimate of drug-likeness (QED) is 0.738. The minimum Gasteiger partial charge on any atom is -0.390 e. The maximum absolute atomic E-state index is 12.8. The van der Waals surface area contributed by atoms with Crippen LogP contribution in [0, 0.1) is 11.3 Å². The van der Waals surface area contributed by atoms with Crippen LogP contribution in [0.2, 0.25) is 0 Å². The topological polar surface area (TPSA) is 77.8 Å². The molecule has 2 aliphatic rings. The molecule has 4 heteroatoms. The zero-order valence-electron chi connectivity index (χ0n) is 15.1. The maximum Gasteiger partial charge on any atom is 0.163 e. The van der Waals surface area contributed by atoms with Gasteiger partial charge in [0.25, 0.3) is 0 Å². The van der Waals surface area contributed by atoms with E-state index in [-0.39, 0.29) is 17.1 Å². The second-order valence-electron chi connectivity index (χ2n) is 8.95. The molecule has 0 heterocycles. The van der Waals surface area contributed by atoms with Crippen LogP contribution in [-0.2, 0) is 11.0 Å². The summed E-state index contributed by atoms with van der Waals surface area (Å²) in [5, 5.41) is 31.1. The van der Waals surface area contributed by atoms with Crippen LogP contribution in [0.3, 0.4) is 0 Å². The minimum absolute atomic E-state index is 0.0311. The fraction of sp³-hybridized carbons (Fsp3) is 0.650. The molecule has 0 aliphatic heterocycles. The van der Waals surface area contributed by atoms with Gasteiger partial charge >= 0.3 is 0 Å². The molecular weight excluding hydrogens is 304 g/mol.